The number of amides is 3. The molecule has 16 heteroatoms. The molecule has 3 amide bonds. The maximum atomic E-state index is 14.1. The van der Waals surface area contributed by atoms with Gasteiger partial charge in [-0.25, -0.2) is 4.39 Å². The fourth-order valence-electron chi connectivity index (χ4n) is 10.4. The fraction of sp³-hybridized carbons (Fsp3) is 0.412. The zero-order valence-corrected chi connectivity index (χ0v) is 38.7. The van der Waals surface area contributed by atoms with E-state index in [0.29, 0.717) is 80.6 Å². The highest BCUT2D eigenvalue weighted by molar-refractivity contribution is 6.36. The normalized spacial score (nSPS) is 22.4. The van der Waals surface area contributed by atoms with Crippen LogP contribution in [0.25, 0.3) is 10.8 Å². The number of likely N-dealkylation sites (tertiary alicyclic amines) is 2. The van der Waals surface area contributed by atoms with Crippen LogP contribution in [0.15, 0.2) is 84.7 Å². The Morgan fingerprint density at radius 1 is 1.00 bits per heavy atom. The molecule has 67 heavy (non-hydrogen) atoms. The number of phenolic OH excluding ortho intramolecular Hbond substituents is 2. The highest BCUT2D eigenvalue weighted by atomic mass is 35.5. The minimum atomic E-state index is -1.06. The summed E-state index contributed by atoms with van der Waals surface area (Å²) < 4.78 is 20.5. The molecule has 0 bridgehead atoms. The number of aromatic hydroxyl groups is 2. The maximum absolute atomic E-state index is 14.1. The number of piperazine rings is 1. The number of ether oxygens (including phenoxy) is 1. The number of halogens is 2. The van der Waals surface area contributed by atoms with Gasteiger partial charge in [0.15, 0.2) is 5.83 Å². The molecule has 348 valence electrons. The number of anilines is 2. The van der Waals surface area contributed by atoms with E-state index < -0.39 is 23.2 Å². The molecule has 4 aromatic rings. The average Bonchev–Trinajstić information content (AvgIpc) is 3.94. The summed E-state index contributed by atoms with van der Waals surface area (Å²) in [5.41, 5.74) is 3.61. The summed E-state index contributed by atoms with van der Waals surface area (Å²) in [5.74, 6) is -2.12. The number of rotatable bonds is 10. The van der Waals surface area contributed by atoms with E-state index >= 15 is 0 Å². The van der Waals surface area contributed by atoms with Crippen molar-refractivity contribution in [3.8, 4) is 23.6 Å². The molecule has 3 aromatic carbocycles. The molecular formula is C51H54ClFN8O6. The van der Waals surface area contributed by atoms with Gasteiger partial charge in [-0.15, -0.1) is 0 Å². The van der Waals surface area contributed by atoms with Gasteiger partial charge in [-0.05, 0) is 47.9 Å². The van der Waals surface area contributed by atoms with Crippen molar-refractivity contribution in [2.45, 2.75) is 58.5 Å². The van der Waals surface area contributed by atoms with Crippen LogP contribution in [0.4, 0.5) is 15.9 Å². The molecular weight excluding hydrogens is 875 g/mol. The van der Waals surface area contributed by atoms with Gasteiger partial charge in [-0.1, -0.05) is 81.4 Å². The predicted octanol–water partition coefficient (Wildman–Crippen LogP) is 7.30. The molecule has 3 saturated heterocycles. The van der Waals surface area contributed by atoms with Crippen LogP contribution in [0, 0.1) is 28.6 Å². The van der Waals surface area contributed by atoms with E-state index in [1.807, 2.05) is 72.2 Å². The smallest absolute Gasteiger partial charge is 0.318 e. The highest BCUT2D eigenvalue weighted by Crippen LogP contribution is 2.44. The summed E-state index contributed by atoms with van der Waals surface area (Å²) in [7, 11) is 0. The standard InChI is InChI=1S/C51H54ClFN8O6/c1-30(2)38-22-39(44(63)23-43(38)62)49(66)60-25-35-21-34(11-15-51(35,4)29-60)48(65)59-17-13-32(24-59)28-67-50-55-41-27-57(42-10-6-8-33-7-5-9-40(52)45(33)42)18-14-37(41)46(56-50)58-19-20-61(47(64)31(3)53)36(26-58)12-16-54/h5-11,15,21-23,30,32,35-36,62-63H,3,12-14,17-20,24-29H2,1-2,4H3/t32-,35?,36+,51?/m1/s1. The molecule has 14 nitrogen and oxygen atoms in total. The summed E-state index contributed by atoms with van der Waals surface area (Å²) in [6.07, 6.45) is 7.17. The van der Waals surface area contributed by atoms with E-state index in [0.717, 1.165) is 27.7 Å². The number of fused-ring (bicyclic) bond motifs is 3. The van der Waals surface area contributed by atoms with Crippen molar-refractivity contribution in [2.24, 2.45) is 17.3 Å². The first kappa shape index (κ1) is 45.5. The summed E-state index contributed by atoms with van der Waals surface area (Å²) >= 11 is 6.77. The first-order valence-corrected chi connectivity index (χ1v) is 23.3. The van der Waals surface area contributed by atoms with Gasteiger partial charge in [0.25, 0.3) is 17.7 Å². The first-order valence-electron chi connectivity index (χ1n) is 22.9. The van der Waals surface area contributed by atoms with Crippen LogP contribution in [0.5, 0.6) is 17.5 Å². The zero-order valence-electron chi connectivity index (χ0n) is 37.9. The van der Waals surface area contributed by atoms with Crippen molar-refractivity contribution < 1.29 is 33.7 Å². The number of aromatic nitrogens is 2. The number of carbonyl (C=O) groups excluding carboxylic acids is 3. The number of phenols is 2. The van der Waals surface area contributed by atoms with Gasteiger partial charge in [0, 0.05) is 97.9 Å². The van der Waals surface area contributed by atoms with Gasteiger partial charge in [-0.3, -0.25) is 14.4 Å². The molecule has 3 fully saturated rings. The van der Waals surface area contributed by atoms with Crippen LogP contribution in [0.1, 0.15) is 66.7 Å². The Hall–Kier alpha value is -6.66. The van der Waals surface area contributed by atoms with Crippen molar-refractivity contribution in [2.75, 3.05) is 68.8 Å². The minimum Gasteiger partial charge on any atom is -0.508 e. The largest absolute Gasteiger partial charge is 0.508 e. The molecule has 1 aliphatic carbocycles. The molecule has 5 aliphatic rings. The van der Waals surface area contributed by atoms with Gasteiger partial charge < -0.3 is 39.4 Å². The van der Waals surface area contributed by atoms with Crippen molar-refractivity contribution in [1.82, 2.24) is 24.7 Å². The zero-order chi connectivity index (χ0) is 47.3. The Morgan fingerprint density at radius 3 is 2.55 bits per heavy atom. The lowest BCUT2D eigenvalue weighted by atomic mass is 9.75. The molecule has 1 aromatic heterocycles. The predicted molar refractivity (Wildman–Crippen MR) is 253 cm³/mol. The first-order chi connectivity index (χ1) is 32.1. The Kier molecular flexibility index (Phi) is 12.4. The van der Waals surface area contributed by atoms with Crippen molar-refractivity contribution >= 4 is 51.6 Å². The second kappa shape index (κ2) is 18.2. The Balaban J connectivity index is 0.907. The van der Waals surface area contributed by atoms with Gasteiger partial charge in [-0.2, -0.15) is 15.2 Å². The number of hydrogen-bond acceptors (Lipinski definition) is 11. The number of nitriles is 1. The molecule has 5 heterocycles. The molecule has 0 spiro atoms. The Bertz CT molecular complexity index is 2790. The monoisotopic (exact) mass is 928 g/mol. The van der Waals surface area contributed by atoms with E-state index in [2.05, 4.69) is 30.5 Å². The summed E-state index contributed by atoms with van der Waals surface area (Å²) in [6.45, 7) is 13.1. The third-order valence-corrected chi connectivity index (χ3v) is 14.5. The summed E-state index contributed by atoms with van der Waals surface area (Å²) in [6, 6.07) is 16.5. The Labute approximate surface area is 394 Å². The molecule has 0 saturated carbocycles. The van der Waals surface area contributed by atoms with E-state index in [1.165, 1.54) is 11.0 Å². The SMILES string of the molecule is C=C(F)C(=O)N1CCN(c2nc(OC[C@@H]3CCN(C(=O)C4=CC5CN(C(=O)c6cc(C(C)C)c(O)cc6O)CC5(C)C=C4)C3)nc3c2CCN(c2cccc4cccc(Cl)c24)C3)C[C@@H]1CC#N. The van der Waals surface area contributed by atoms with Crippen molar-refractivity contribution in [1.29, 1.82) is 5.26 Å². The quantitative estimate of drug-likeness (QED) is 0.153. The molecule has 4 aliphatic heterocycles. The van der Waals surface area contributed by atoms with Gasteiger partial charge in [0.2, 0.25) is 0 Å². The Morgan fingerprint density at radius 2 is 1.79 bits per heavy atom. The number of hydrogen-bond donors (Lipinski definition) is 2. The summed E-state index contributed by atoms with van der Waals surface area (Å²) in [4.78, 5) is 59.7. The molecule has 9 rings (SSSR count). The number of nitrogens with zero attached hydrogens (tertiary/aromatic N) is 8. The van der Waals surface area contributed by atoms with Gasteiger partial charge in [0.1, 0.15) is 17.3 Å². The minimum absolute atomic E-state index is 0.00327. The molecule has 2 N–H and O–H groups in total. The lowest BCUT2D eigenvalue weighted by Gasteiger charge is -2.42. The topological polar surface area (TPSA) is 167 Å². The van der Waals surface area contributed by atoms with E-state index in [1.54, 1.807) is 11.0 Å². The third kappa shape index (κ3) is 8.75. The summed E-state index contributed by atoms with van der Waals surface area (Å²) in [5, 5.41) is 33.3. The lowest BCUT2D eigenvalue weighted by molar-refractivity contribution is -0.131. The van der Waals surface area contributed by atoms with E-state index in [9.17, 15) is 34.2 Å². The van der Waals surface area contributed by atoms with Gasteiger partial charge >= 0.3 is 6.01 Å². The van der Waals surface area contributed by atoms with E-state index in [-0.39, 0.29) is 78.8 Å². The van der Waals surface area contributed by atoms with Gasteiger partial charge in [0.05, 0.1) is 48.0 Å². The second-order valence-electron chi connectivity index (χ2n) is 19.0. The van der Waals surface area contributed by atoms with Crippen molar-refractivity contribution in [3.05, 3.63) is 112 Å². The lowest BCUT2D eigenvalue weighted by Crippen LogP contribution is -2.55. The molecule has 4 atom stereocenters. The van der Waals surface area contributed by atoms with Crippen LogP contribution in [-0.2, 0) is 22.6 Å². The molecule has 2 unspecified atom stereocenters. The van der Waals surface area contributed by atoms with Crippen LogP contribution >= 0.6 is 11.6 Å². The highest BCUT2D eigenvalue weighted by Gasteiger charge is 2.45. The van der Waals surface area contributed by atoms with Crippen LogP contribution in [-0.4, -0.2) is 118 Å². The van der Waals surface area contributed by atoms with Crippen LogP contribution in [0.3, 0.4) is 0 Å². The van der Waals surface area contributed by atoms with Crippen LogP contribution in [0.2, 0.25) is 5.02 Å². The van der Waals surface area contributed by atoms with Crippen LogP contribution < -0.4 is 14.5 Å². The average molecular weight is 929 g/mol. The number of carbonyl (C=O) groups is 3. The van der Waals surface area contributed by atoms with E-state index in [4.69, 9.17) is 26.3 Å². The third-order valence-electron chi connectivity index (χ3n) is 14.2. The second-order valence-corrected chi connectivity index (χ2v) is 19.4. The molecule has 0 radical (unpaired) electrons. The number of benzene rings is 3. The van der Waals surface area contributed by atoms with Crippen molar-refractivity contribution in [3.63, 3.8) is 0 Å². The maximum Gasteiger partial charge on any atom is 0.318 e. The fourth-order valence-corrected chi connectivity index (χ4v) is 10.7.